The highest BCUT2D eigenvalue weighted by atomic mass is 32.2. The Labute approximate surface area is 159 Å². The number of hydrogen-bond donors (Lipinski definition) is 0. The van der Waals surface area contributed by atoms with Crippen molar-refractivity contribution in [3.8, 4) is 0 Å². The fraction of sp³-hybridized carbons (Fsp3) is 0.611. The second-order valence-corrected chi connectivity index (χ2v) is 8.45. The first-order chi connectivity index (χ1) is 12.1. The van der Waals surface area contributed by atoms with Crippen molar-refractivity contribution in [3.63, 3.8) is 0 Å². The normalized spacial score (nSPS) is 21.0. The predicted molar refractivity (Wildman–Crippen MR) is 111 cm³/mol. The lowest BCUT2D eigenvalue weighted by Crippen LogP contribution is -2.32. The number of carbonyl (C=O) groups is 1. The van der Waals surface area contributed by atoms with E-state index in [0.29, 0.717) is 12.0 Å². The van der Waals surface area contributed by atoms with Gasteiger partial charge in [0.15, 0.2) is 5.62 Å². The standard InChI is InChI=1S/C18H28N4OS2/c1-21(2)18-8-7-16(19-12-18)9-10-20-25-22(3)17-6-4-5-15(11-17)13-24-14-23/h7-8,10,12,14-15,17H,4-6,9,11,13H2,1-3H3/b20-10-/t15?,17-/m0/s1. The molecule has 1 fully saturated rings. The van der Waals surface area contributed by atoms with Crippen LogP contribution in [0.3, 0.4) is 0 Å². The number of thioether (sulfide) groups is 1. The maximum absolute atomic E-state index is 10.5. The van der Waals surface area contributed by atoms with E-state index in [1.54, 1.807) is 0 Å². The molecule has 0 radical (unpaired) electrons. The molecule has 2 atom stereocenters. The van der Waals surface area contributed by atoms with Crippen LogP contribution in [0.15, 0.2) is 22.7 Å². The highest BCUT2D eigenvalue weighted by molar-refractivity contribution is 8.11. The van der Waals surface area contributed by atoms with Crippen molar-refractivity contribution < 1.29 is 4.79 Å². The molecule has 0 bridgehead atoms. The van der Waals surface area contributed by atoms with Gasteiger partial charge in [-0.3, -0.25) is 9.78 Å². The van der Waals surface area contributed by atoms with Gasteiger partial charge in [-0.25, -0.2) is 8.70 Å². The largest absolute Gasteiger partial charge is 0.376 e. The molecule has 1 aromatic heterocycles. The molecule has 138 valence electrons. The van der Waals surface area contributed by atoms with Gasteiger partial charge in [0.1, 0.15) is 0 Å². The first kappa shape index (κ1) is 20.3. The zero-order valence-electron chi connectivity index (χ0n) is 15.3. The van der Waals surface area contributed by atoms with Crippen LogP contribution >= 0.6 is 23.9 Å². The monoisotopic (exact) mass is 380 g/mol. The minimum Gasteiger partial charge on any atom is -0.376 e. The minimum atomic E-state index is 0.547. The van der Waals surface area contributed by atoms with Crippen molar-refractivity contribution in [1.29, 1.82) is 0 Å². The summed E-state index contributed by atoms with van der Waals surface area (Å²) < 4.78 is 6.75. The highest BCUT2D eigenvalue weighted by Crippen LogP contribution is 2.31. The molecular formula is C18H28N4OS2. The Morgan fingerprint density at radius 3 is 2.84 bits per heavy atom. The Morgan fingerprint density at radius 1 is 1.32 bits per heavy atom. The van der Waals surface area contributed by atoms with Gasteiger partial charge < -0.3 is 4.90 Å². The minimum absolute atomic E-state index is 0.547. The van der Waals surface area contributed by atoms with Crippen LogP contribution in [0, 0.1) is 5.92 Å². The molecule has 0 amide bonds. The van der Waals surface area contributed by atoms with Crippen molar-refractivity contribution >= 4 is 41.4 Å². The van der Waals surface area contributed by atoms with Crippen molar-refractivity contribution in [1.82, 2.24) is 9.29 Å². The third-order valence-electron chi connectivity index (χ3n) is 4.55. The summed E-state index contributed by atoms with van der Waals surface area (Å²) in [5.41, 5.74) is 3.10. The van der Waals surface area contributed by atoms with Crippen LogP contribution in [0.5, 0.6) is 0 Å². The highest BCUT2D eigenvalue weighted by Gasteiger charge is 2.25. The third-order valence-corrected chi connectivity index (χ3v) is 6.14. The van der Waals surface area contributed by atoms with Gasteiger partial charge in [-0.1, -0.05) is 18.2 Å². The maximum Gasteiger partial charge on any atom is 0.176 e. The lowest BCUT2D eigenvalue weighted by Gasteiger charge is -2.33. The summed E-state index contributed by atoms with van der Waals surface area (Å²) >= 11 is 2.93. The third kappa shape index (κ3) is 6.99. The molecule has 1 aliphatic rings. The molecule has 0 spiro atoms. The summed E-state index contributed by atoms with van der Waals surface area (Å²) in [5, 5.41) is 0. The van der Waals surface area contributed by atoms with Gasteiger partial charge in [0, 0.05) is 44.2 Å². The zero-order chi connectivity index (χ0) is 18.1. The maximum atomic E-state index is 10.5. The van der Waals surface area contributed by atoms with Gasteiger partial charge in [0.05, 0.1) is 24.0 Å². The summed E-state index contributed by atoms with van der Waals surface area (Å²) in [6, 6.07) is 4.67. The number of pyridine rings is 1. The van der Waals surface area contributed by atoms with E-state index in [0.717, 1.165) is 35.6 Å². The fourth-order valence-corrected chi connectivity index (χ4v) is 4.29. The Balaban J connectivity index is 1.74. The van der Waals surface area contributed by atoms with E-state index in [4.69, 9.17) is 0 Å². The quantitative estimate of drug-likeness (QED) is 0.369. The van der Waals surface area contributed by atoms with Crippen LogP contribution in [-0.2, 0) is 11.2 Å². The molecule has 1 saturated carbocycles. The molecule has 5 nitrogen and oxygen atoms in total. The molecule has 25 heavy (non-hydrogen) atoms. The van der Waals surface area contributed by atoms with E-state index in [9.17, 15) is 4.79 Å². The molecule has 0 aliphatic heterocycles. The van der Waals surface area contributed by atoms with Gasteiger partial charge >= 0.3 is 0 Å². The number of aromatic nitrogens is 1. The fourth-order valence-electron chi connectivity index (χ4n) is 3.03. The molecule has 1 heterocycles. The van der Waals surface area contributed by atoms with E-state index < -0.39 is 0 Å². The number of nitrogens with zero attached hydrogens (tertiary/aromatic N) is 4. The molecule has 0 saturated heterocycles. The van der Waals surface area contributed by atoms with Crippen LogP contribution < -0.4 is 4.90 Å². The molecule has 0 aromatic carbocycles. The van der Waals surface area contributed by atoms with Crippen molar-refractivity contribution in [2.45, 2.75) is 38.1 Å². The number of hydrogen-bond acceptors (Lipinski definition) is 7. The Kier molecular flexibility index (Phi) is 8.78. The molecule has 7 heteroatoms. The molecule has 1 aromatic rings. The molecule has 0 N–H and O–H groups in total. The van der Waals surface area contributed by atoms with E-state index in [1.165, 1.54) is 43.2 Å². The predicted octanol–water partition coefficient (Wildman–Crippen LogP) is 3.74. The summed E-state index contributed by atoms with van der Waals surface area (Å²) in [6.07, 6.45) is 9.43. The molecule has 1 aliphatic carbocycles. The number of carbonyl (C=O) groups excluding carboxylic acids is 1. The van der Waals surface area contributed by atoms with E-state index >= 15 is 0 Å². The van der Waals surface area contributed by atoms with Gasteiger partial charge in [0.2, 0.25) is 0 Å². The Morgan fingerprint density at radius 2 is 2.16 bits per heavy atom. The van der Waals surface area contributed by atoms with Crippen LogP contribution in [-0.4, -0.2) is 54.1 Å². The first-order valence-corrected chi connectivity index (χ1v) is 10.5. The number of anilines is 1. The van der Waals surface area contributed by atoms with Crippen LogP contribution in [0.4, 0.5) is 5.69 Å². The smallest absolute Gasteiger partial charge is 0.176 e. The zero-order valence-corrected chi connectivity index (χ0v) is 16.9. The summed E-state index contributed by atoms with van der Waals surface area (Å²) in [5.74, 6) is 1.61. The van der Waals surface area contributed by atoms with Crippen molar-refractivity contribution in [2.24, 2.45) is 10.3 Å². The summed E-state index contributed by atoms with van der Waals surface area (Å²) in [6.45, 7) is 0. The van der Waals surface area contributed by atoms with Gasteiger partial charge in [-0.15, -0.1) is 0 Å². The van der Waals surface area contributed by atoms with E-state index in [2.05, 4.69) is 26.8 Å². The lowest BCUT2D eigenvalue weighted by molar-refractivity contribution is 0.254. The number of rotatable bonds is 9. The van der Waals surface area contributed by atoms with Gasteiger partial charge in [-0.05, 0) is 44.4 Å². The average Bonchev–Trinajstić information content (AvgIpc) is 2.64. The first-order valence-electron chi connectivity index (χ1n) is 8.69. The summed E-state index contributed by atoms with van der Waals surface area (Å²) in [4.78, 5) is 17.0. The van der Waals surface area contributed by atoms with E-state index in [-0.39, 0.29) is 0 Å². The lowest BCUT2D eigenvalue weighted by atomic mass is 9.87. The van der Waals surface area contributed by atoms with E-state index in [1.807, 2.05) is 37.5 Å². The van der Waals surface area contributed by atoms with Crippen molar-refractivity contribution in [2.75, 3.05) is 31.8 Å². The van der Waals surface area contributed by atoms with Gasteiger partial charge in [0.25, 0.3) is 0 Å². The molecule has 1 unspecified atom stereocenters. The topological polar surface area (TPSA) is 48.8 Å². The Bertz CT molecular complexity index is 551. The Hall–Kier alpha value is -1.05. The van der Waals surface area contributed by atoms with Crippen LogP contribution in [0.1, 0.15) is 31.4 Å². The molecule has 2 rings (SSSR count). The van der Waals surface area contributed by atoms with Crippen molar-refractivity contribution in [3.05, 3.63) is 24.0 Å². The van der Waals surface area contributed by atoms with Crippen LogP contribution in [0.25, 0.3) is 0 Å². The van der Waals surface area contributed by atoms with Crippen LogP contribution in [0.2, 0.25) is 0 Å². The second kappa shape index (κ2) is 10.8. The van der Waals surface area contributed by atoms with Gasteiger partial charge in [-0.2, -0.15) is 0 Å². The SMILES string of the molecule is CN(C)c1ccc(C/C=N\SN(C)[C@H]2CCCC(CSC=O)C2)nc1. The molecular weight excluding hydrogens is 352 g/mol. The average molecular weight is 381 g/mol. The summed E-state index contributed by atoms with van der Waals surface area (Å²) in [7, 11) is 6.14. The second-order valence-electron chi connectivity index (χ2n) is 6.64.